The molecule has 2 aromatic carbocycles. The number of morpholine rings is 1. The van der Waals surface area contributed by atoms with Gasteiger partial charge in [0.1, 0.15) is 6.10 Å². The second-order valence-electron chi connectivity index (χ2n) is 9.82. The van der Waals surface area contributed by atoms with E-state index in [1.54, 1.807) is 0 Å². The lowest BCUT2D eigenvalue weighted by atomic mass is 9.84. The molecule has 0 amide bonds. The molecule has 34 heavy (non-hydrogen) atoms. The lowest BCUT2D eigenvalue weighted by Crippen LogP contribution is -2.50. The summed E-state index contributed by atoms with van der Waals surface area (Å²) in [5.41, 5.74) is 2.25. The van der Waals surface area contributed by atoms with Gasteiger partial charge in [0.05, 0.1) is 38.6 Å². The predicted octanol–water partition coefficient (Wildman–Crippen LogP) is 4.82. The molecule has 5 heteroatoms. The van der Waals surface area contributed by atoms with E-state index in [1.807, 2.05) is 36.4 Å². The number of benzene rings is 2. The van der Waals surface area contributed by atoms with Gasteiger partial charge in [-0.1, -0.05) is 92.8 Å². The average Bonchev–Trinajstić information content (AvgIpc) is 2.89. The van der Waals surface area contributed by atoms with Gasteiger partial charge >= 0.3 is 0 Å². The molecule has 0 radical (unpaired) electrons. The maximum Gasteiger partial charge on any atom is 0.111 e. The fourth-order valence-corrected chi connectivity index (χ4v) is 5.20. The molecule has 3 atom stereocenters. The Morgan fingerprint density at radius 1 is 0.824 bits per heavy atom. The van der Waals surface area contributed by atoms with Gasteiger partial charge in [0.15, 0.2) is 0 Å². The molecule has 4 rings (SSSR count). The van der Waals surface area contributed by atoms with Crippen molar-refractivity contribution in [1.29, 1.82) is 0 Å². The number of hydrogen-bond acceptors (Lipinski definition) is 5. The van der Waals surface area contributed by atoms with Gasteiger partial charge in [-0.2, -0.15) is 0 Å². The number of hydrogen-bond donors (Lipinski definition) is 1. The van der Waals surface area contributed by atoms with Crippen LogP contribution in [-0.2, 0) is 27.4 Å². The Bertz CT molecular complexity index is 790. The van der Waals surface area contributed by atoms with Gasteiger partial charge in [0.2, 0.25) is 0 Å². The first-order chi connectivity index (χ1) is 16.8. The first-order valence-electron chi connectivity index (χ1n) is 13.1. The average molecular weight is 468 g/mol. The zero-order valence-corrected chi connectivity index (χ0v) is 20.4. The minimum Gasteiger partial charge on any atom is -0.390 e. The summed E-state index contributed by atoms with van der Waals surface area (Å²) in [5.74, 6) is 0.574. The molecule has 5 nitrogen and oxygen atoms in total. The quantitative estimate of drug-likeness (QED) is 0.485. The lowest BCUT2D eigenvalue weighted by molar-refractivity contribution is -0.146. The van der Waals surface area contributed by atoms with Gasteiger partial charge in [0.25, 0.3) is 0 Å². The van der Waals surface area contributed by atoms with E-state index in [0.29, 0.717) is 19.1 Å². The van der Waals surface area contributed by atoms with Crippen molar-refractivity contribution in [2.24, 2.45) is 5.92 Å². The van der Waals surface area contributed by atoms with Crippen LogP contribution in [0.25, 0.3) is 0 Å². The van der Waals surface area contributed by atoms with Gasteiger partial charge < -0.3 is 19.3 Å². The topological polar surface area (TPSA) is 51.2 Å². The molecule has 1 N–H and O–H groups in total. The van der Waals surface area contributed by atoms with Crippen LogP contribution in [0, 0.1) is 5.92 Å². The van der Waals surface area contributed by atoms with Crippen molar-refractivity contribution in [2.45, 2.75) is 70.1 Å². The first-order valence-corrected chi connectivity index (χ1v) is 13.1. The Morgan fingerprint density at radius 2 is 1.41 bits per heavy atom. The van der Waals surface area contributed by atoms with E-state index in [1.165, 1.54) is 32.1 Å². The maximum absolute atomic E-state index is 11.5. The number of ether oxygens (including phenoxy) is 3. The molecule has 2 aliphatic rings. The number of aliphatic hydroxyl groups excluding tert-OH is 1. The van der Waals surface area contributed by atoms with E-state index >= 15 is 0 Å². The van der Waals surface area contributed by atoms with Crippen molar-refractivity contribution >= 4 is 0 Å². The number of nitrogens with zero attached hydrogens (tertiary/aromatic N) is 1. The summed E-state index contributed by atoms with van der Waals surface area (Å²) in [7, 11) is 0. The van der Waals surface area contributed by atoms with Gasteiger partial charge in [-0.25, -0.2) is 0 Å². The Balaban J connectivity index is 1.49. The lowest BCUT2D eigenvalue weighted by Gasteiger charge is -2.37. The third kappa shape index (κ3) is 8.17. The summed E-state index contributed by atoms with van der Waals surface area (Å²) < 4.78 is 18.6. The van der Waals surface area contributed by atoms with Crippen molar-refractivity contribution in [1.82, 2.24) is 4.90 Å². The Kier molecular flexibility index (Phi) is 10.4. The Hall–Kier alpha value is -1.76. The van der Waals surface area contributed by atoms with E-state index in [-0.39, 0.29) is 12.2 Å². The standard InChI is InChI=1S/C29H41NO4/c31-27(20-24-10-4-1-5-11-24)29(34-23-26-14-8-3-9-15-26)28(21-30-16-18-32-19-17-30)33-22-25-12-6-2-7-13-25/h2-3,6-9,12-15,24,27-29,31H,1,4-5,10-11,16-23H2/t27-,28+,29-/m1/s1. The van der Waals surface area contributed by atoms with Crippen LogP contribution in [0.15, 0.2) is 60.7 Å². The summed E-state index contributed by atoms with van der Waals surface area (Å²) >= 11 is 0. The monoisotopic (exact) mass is 467 g/mol. The highest BCUT2D eigenvalue weighted by Gasteiger charge is 2.34. The zero-order valence-electron chi connectivity index (χ0n) is 20.4. The SMILES string of the molecule is O[C@H](CC1CCCCC1)[C@@H](OCc1ccccc1)[C@H](CN1CCOCC1)OCc1ccccc1. The van der Waals surface area contributed by atoms with Crippen LogP contribution in [0.4, 0.5) is 0 Å². The van der Waals surface area contributed by atoms with E-state index in [2.05, 4.69) is 29.2 Å². The third-order valence-electron chi connectivity index (χ3n) is 7.18. The molecule has 1 saturated carbocycles. The number of rotatable bonds is 12. The molecule has 2 fully saturated rings. The van der Waals surface area contributed by atoms with Crippen molar-refractivity contribution in [3.8, 4) is 0 Å². The van der Waals surface area contributed by atoms with Crippen LogP contribution in [0.3, 0.4) is 0 Å². The minimum atomic E-state index is -0.548. The van der Waals surface area contributed by atoms with Crippen LogP contribution in [0.1, 0.15) is 49.7 Å². The molecule has 186 valence electrons. The smallest absolute Gasteiger partial charge is 0.111 e. The molecule has 0 unspecified atom stereocenters. The second kappa shape index (κ2) is 14.0. The van der Waals surface area contributed by atoms with Crippen molar-refractivity contribution in [2.75, 3.05) is 32.8 Å². The molecule has 0 bridgehead atoms. The fraction of sp³-hybridized carbons (Fsp3) is 0.586. The fourth-order valence-electron chi connectivity index (χ4n) is 5.20. The van der Waals surface area contributed by atoms with Crippen LogP contribution in [0.5, 0.6) is 0 Å². The summed E-state index contributed by atoms with van der Waals surface area (Å²) in [6.45, 7) is 4.97. The van der Waals surface area contributed by atoms with Crippen molar-refractivity contribution in [3.05, 3.63) is 71.8 Å². The minimum absolute atomic E-state index is 0.222. The summed E-state index contributed by atoms with van der Waals surface area (Å²) in [6.07, 6.45) is 5.92. The largest absolute Gasteiger partial charge is 0.390 e. The molecule has 1 aliphatic carbocycles. The Labute approximate surface area is 205 Å². The first kappa shape index (κ1) is 25.3. The summed E-state index contributed by atoms with van der Waals surface area (Å²) in [5, 5.41) is 11.5. The maximum atomic E-state index is 11.5. The number of aliphatic hydroxyl groups is 1. The molecular formula is C29H41NO4. The molecule has 0 spiro atoms. The van der Waals surface area contributed by atoms with E-state index in [0.717, 1.165) is 50.4 Å². The van der Waals surface area contributed by atoms with E-state index < -0.39 is 6.10 Å². The van der Waals surface area contributed by atoms with E-state index in [4.69, 9.17) is 14.2 Å². The molecule has 1 saturated heterocycles. The van der Waals surface area contributed by atoms with Gasteiger partial charge in [-0.05, 0) is 23.5 Å². The van der Waals surface area contributed by atoms with Gasteiger partial charge in [-0.15, -0.1) is 0 Å². The Morgan fingerprint density at radius 3 is 2.03 bits per heavy atom. The predicted molar refractivity (Wildman–Crippen MR) is 134 cm³/mol. The summed E-state index contributed by atoms with van der Waals surface area (Å²) in [6, 6.07) is 20.5. The van der Waals surface area contributed by atoms with Crippen LogP contribution < -0.4 is 0 Å². The van der Waals surface area contributed by atoms with Crippen LogP contribution in [-0.4, -0.2) is 61.2 Å². The van der Waals surface area contributed by atoms with Crippen LogP contribution in [0.2, 0.25) is 0 Å². The molecular weight excluding hydrogens is 426 g/mol. The molecule has 1 aliphatic heterocycles. The highest BCUT2D eigenvalue weighted by Crippen LogP contribution is 2.30. The summed E-state index contributed by atoms with van der Waals surface area (Å²) in [4.78, 5) is 2.38. The zero-order chi connectivity index (χ0) is 23.4. The third-order valence-corrected chi connectivity index (χ3v) is 7.18. The van der Waals surface area contributed by atoms with Crippen LogP contribution >= 0.6 is 0 Å². The van der Waals surface area contributed by atoms with Crippen molar-refractivity contribution < 1.29 is 19.3 Å². The van der Waals surface area contributed by atoms with Crippen molar-refractivity contribution in [3.63, 3.8) is 0 Å². The molecule has 1 heterocycles. The normalized spacial score (nSPS) is 20.6. The highest BCUT2D eigenvalue weighted by molar-refractivity contribution is 5.14. The molecule has 0 aromatic heterocycles. The molecule has 2 aromatic rings. The van der Waals surface area contributed by atoms with Gasteiger partial charge in [0, 0.05) is 19.6 Å². The van der Waals surface area contributed by atoms with E-state index in [9.17, 15) is 5.11 Å². The second-order valence-corrected chi connectivity index (χ2v) is 9.82. The highest BCUT2D eigenvalue weighted by atomic mass is 16.5. The van der Waals surface area contributed by atoms with Gasteiger partial charge in [-0.3, -0.25) is 4.90 Å².